The van der Waals surface area contributed by atoms with Crippen LogP contribution in [0.5, 0.6) is 0 Å². The smallest absolute Gasteiger partial charge is 0.262 e. The van der Waals surface area contributed by atoms with Gasteiger partial charge in [-0.15, -0.1) is 11.3 Å². The summed E-state index contributed by atoms with van der Waals surface area (Å²) < 4.78 is 0.926. The molecule has 5 heteroatoms. The Labute approximate surface area is 107 Å². The average molecular weight is 299 g/mol. The second kappa shape index (κ2) is 4.56. The molecule has 3 nitrogen and oxygen atoms in total. The number of nitriles is 1. The van der Waals surface area contributed by atoms with Crippen LogP contribution in [-0.4, -0.2) is 11.4 Å². The third kappa shape index (κ3) is 2.28. The van der Waals surface area contributed by atoms with Gasteiger partial charge in [-0.25, -0.2) is 0 Å². The molecule has 1 aliphatic carbocycles. The molecule has 1 amide bonds. The molecule has 1 aromatic rings. The fraction of sp³-hybridized carbons (Fsp3) is 0.455. The number of amides is 1. The van der Waals surface area contributed by atoms with Crippen LogP contribution in [0.3, 0.4) is 0 Å². The Balaban J connectivity index is 2.10. The molecule has 1 saturated carbocycles. The van der Waals surface area contributed by atoms with Crippen LogP contribution >= 0.6 is 27.3 Å². The quantitative estimate of drug-likeness (QED) is 0.912. The Kier molecular flexibility index (Phi) is 3.31. The van der Waals surface area contributed by atoms with Crippen LogP contribution in [0.1, 0.15) is 35.4 Å². The van der Waals surface area contributed by atoms with Gasteiger partial charge in [0.15, 0.2) is 0 Å². The number of hydrogen-bond donors (Lipinski definition) is 1. The Hall–Kier alpha value is -0.860. The molecule has 1 fully saturated rings. The molecule has 0 aromatic carbocycles. The first-order chi connectivity index (χ1) is 7.65. The normalized spacial score (nSPS) is 18.0. The lowest BCUT2D eigenvalue weighted by molar-refractivity contribution is 0.0925. The number of nitrogens with one attached hydrogen (secondary N) is 1. The van der Waals surface area contributed by atoms with E-state index in [4.69, 9.17) is 5.26 Å². The van der Waals surface area contributed by atoms with Gasteiger partial charge in [-0.3, -0.25) is 4.79 Å². The zero-order valence-electron chi connectivity index (χ0n) is 8.62. The first-order valence-corrected chi connectivity index (χ1v) is 6.75. The highest BCUT2D eigenvalue weighted by Crippen LogP contribution is 2.30. The van der Waals surface area contributed by atoms with E-state index in [9.17, 15) is 4.79 Å². The number of hydrogen-bond acceptors (Lipinski definition) is 3. The minimum Gasteiger partial charge on any atom is -0.333 e. The topological polar surface area (TPSA) is 52.9 Å². The van der Waals surface area contributed by atoms with Crippen molar-refractivity contribution in [1.29, 1.82) is 5.26 Å². The first kappa shape index (κ1) is 11.6. The standard InChI is InChI=1S/C11H11BrN2OS/c12-9-4-3-8(16-9)10(15)14-11(7-13)5-1-2-6-11/h3-4H,1-2,5-6H2,(H,14,15). The molecule has 84 valence electrons. The van der Waals surface area contributed by atoms with E-state index in [1.807, 2.05) is 6.07 Å². The first-order valence-electron chi connectivity index (χ1n) is 5.14. The fourth-order valence-corrected chi connectivity index (χ4v) is 3.24. The van der Waals surface area contributed by atoms with Gasteiger partial charge in [0, 0.05) is 0 Å². The molecular formula is C11H11BrN2OS. The maximum Gasteiger partial charge on any atom is 0.262 e. The molecule has 1 aliphatic rings. The summed E-state index contributed by atoms with van der Waals surface area (Å²) in [6.45, 7) is 0. The Morgan fingerprint density at radius 2 is 2.19 bits per heavy atom. The lowest BCUT2D eigenvalue weighted by Gasteiger charge is -2.21. The summed E-state index contributed by atoms with van der Waals surface area (Å²) in [6, 6.07) is 5.85. The number of rotatable bonds is 2. The molecule has 0 aliphatic heterocycles. The van der Waals surface area contributed by atoms with E-state index >= 15 is 0 Å². The summed E-state index contributed by atoms with van der Waals surface area (Å²) in [6.07, 6.45) is 3.56. The summed E-state index contributed by atoms with van der Waals surface area (Å²) in [5, 5.41) is 12.0. The predicted molar refractivity (Wildman–Crippen MR) is 66.3 cm³/mol. The monoisotopic (exact) mass is 298 g/mol. The van der Waals surface area contributed by atoms with Gasteiger partial charge in [0.05, 0.1) is 14.7 Å². The summed E-state index contributed by atoms with van der Waals surface area (Å²) >= 11 is 4.70. The van der Waals surface area contributed by atoms with Crippen LogP contribution < -0.4 is 5.32 Å². The highest BCUT2D eigenvalue weighted by Gasteiger charge is 2.35. The molecular weight excluding hydrogens is 288 g/mol. The van der Waals surface area contributed by atoms with Crippen molar-refractivity contribution in [3.05, 3.63) is 20.8 Å². The third-order valence-electron chi connectivity index (χ3n) is 2.82. The summed E-state index contributed by atoms with van der Waals surface area (Å²) in [5.74, 6) is -0.140. The van der Waals surface area contributed by atoms with E-state index in [0.717, 1.165) is 29.5 Å². The Morgan fingerprint density at radius 3 is 2.69 bits per heavy atom. The predicted octanol–water partition coefficient (Wildman–Crippen LogP) is 3.08. The Bertz CT molecular complexity index is 443. The zero-order valence-corrected chi connectivity index (χ0v) is 11.0. The number of nitrogens with zero attached hydrogens (tertiary/aromatic N) is 1. The molecule has 0 unspecified atom stereocenters. The highest BCUT2D eigenvalue weighted by molar-refractivity contribution is 9.11. The molecule has 1 heterocycles. The van der Waals surface area contributed by atoms with E-state index < -0.39 is 5.54 Å². The molecule has 0 atom stereocenters. The molecule has 2 rings (SSSR count). The van der Waals surface area contributed by atoms with Crippen molar-refractivity contribution in [3.63, 3.8) is 0 Å². The van der Waals surface area contributed by atoms with Crippen molar-refractivity contribution in [2.24, 2.45) is 0 Å². The molecule has 0 spiro atoms. The largest absolute Gasteiger partial charge is 0.333 e. The number of thiophene rings is 1. The molecule has 0 radical (unpaired) electrons. The van der Waals surface area contributed by atoms with Crippen LogP contribution in [0.25, 0.3) is 0 Å². The zero-order chi connectivity index (χ0) is 11.6. The maximum absolute atomic E-state index is 11.9. The van der Waals surface area contributed by atoms with Gasteiger partial charge in [0.1, 0.15) is 5.54 Å². The summed E-state index contributed by atoms with van der Waals surface area (Å²) in [4.78, 5) is 12.6. The molecule has 0 saturated heterocycles. The maximum atomic E-state index is 11.9. The molecule has 0 bridgehead atoms. The van der Waals surface area contributed by atoms with Crippen molar-refractivity contribution < 1.29 is 4.79 Å². The summed E-state index contributed by atoms with van der Waals surface area (Å²) in [7, 11) is 0. The van der Waals surface area contributed by atoms with Crippen LogP contribution in [-0.2, 0) is 0 Å². The van der Waals surface area contributed by atoms with Gasteiger partial charge in [0.2, 0.25) is 0 Å². The van der Waals surface area contributed by atoms with Crippen LogP contribution in [0.15, 0.2) is 15.9 Å². The van der Waals surface area contributed by atoms with E-state index in [1.54, 1.807) is 6.07 Å². The van der Waals surface area contributed by atoms with E-state index in [-0.39, 0.29) is 5.91 Å². The second-order valence-corrected chi connectivity index (χ2v) is 6.42. The molecule has 1 N–H and O–H groups in total. The van der Waals surface area contributed by atoms with Crippen molar-refractivity contribution in [3.8, 4) is 6.07 Å². The number of carbonyl (C=O) groups excluding carboxylic acids is 1. The van der Waals surface area contributed by atoms with Gasteiger partial charge in [-0.05, 0) is 53.7 Å². The van der Waals surface area contributed by atoms with Gasteiger partial charge >= 0.3 is 0 Å². The van der Waals surface area contributed by atoms with Gasteiger partial charge in [-0.2, -0.15) is 5.26 Å². The van der Waals surface area contributed by atoms with Crippen LogP contribution in [0.4, 0.5) is 0 Å². The second-order valence-electron chi connectivity index (χ2n) is 3.96. The van der Waals surface area contributed by atoms with Crippen molar-refractivity contribution >= 4 is 33.2 Å². The van der Waals surface area contributed by atoms with Crippen LogP contribution in [0.2, 0.25) is 0 Å². The van der Waals surface area contributed by atoms with Gasteiger partial charge in [-0.1, -0.05) is 0 Å². The van der Waals surface area contributed by atoms with Crippen molar-refractivity contribution in [2.75, 3.05) is 0 Å². The average Bonchev–Trinajstić information content (AvgIpc) is 2.88. The van der Waals surface area contributed by atoms with Crippen LogP contribution in [0, 0.1) is 11.3 Å². The lowest BCUT2D eigenvalue weighted by atomic mass is 10.00. The molecule has 1 aromatic heterocycles. The minimum absolute atomic E-state index is 0.140. The van der Waals surface area contributed by atoms with Gasteiger partial charge in [0.25, 0.3) is 5.91 Å². The highest BCUT2D eigenvalue weighted by atomic mass is 79.9. The fourth-order valence-electron chi connectivity index (χ4n) is 1.96. The van der Waals surface area contributed by atoms with E-state index in [1.165, 1.54) is 11.3 Å². The lowest BCUT2D eigenvalue weighted by Crippen LogP contribution is -2.44. The van der Waals surface area contributed by atoms with Gasteiger partial charge < -0.3 is 5.32 Å². The summed E-state index contributed by atoms with van der Waals surface area (Å²) in [5.41, 5.74) is -0.631. The van der Waals surface area contributed by atoms with E-state index in [0.29, 0.717) is 4.88 Å². The third-order valence-corrected chi connectivity index (χ3v) is 4.44. The Morgan fingerprint density at radius 1 is 1.50 bits per heavy atom. The van der Waals surface area contributed by atoms with E-state index in [2.05, 4.69) is 27.3 Å². The van der Waals surface area contributed by atoms with Crippen molar-refractivity contribution in [2.45, 2.75) is 31.2 Å². The SMILES string of the molecule is N#CC1(NC(=O)c2ccc(Br)s2)CCCC1. The minimum atomic E-state index is -0.631. The number of halogens is 1. The molecule has 16 heavy (non-hydrogen) atoms. The number of carbonyl (C=O) groups is 1. The van der Waals surface area contributed by atoms with Crippen molar-refractivity contribution in [1.82, 2.24) is 5.32 Å².